The molecule has 1 aromatic heterocycles. The molecule has 3 heterocycles. The maximum Gasteiger partial charge on any atom is 0.231 e. The summed E-state index contributed by atoms with van der Waals surface area (Å²) < 4.78 is 10.8. The molecule has 0 aliphatic carbocycles. The molecule has 0 unspecified atom stereocenters. The molecule has 0 atom stereocenters. The lowest BCUT2D eigenvalue weighted by molar-refractivity contribution is 0.174. The second kappa shape index (κ2) is 9.32. The fourth-order valence-electron chi connectivity index (χ4n) is 4.16. The van der Waals surface area contributed by atoms with Gasteiger partial charge in [0.25, 0.3) is 0 Å². The van der Waals surface area contributed by atoms with Crippen molar-refractivity contribution in [3.63, 3.8) is 0 Å². The Balaban J connectivity index is 1.15. The third-order valence-corrected chi connectivity index (χ3v) is 5.84. The van der Waals surface area contributed by atoms with Gasteiger partial charge in [0.15, 0.2) is 11.5 Å². The zero-order chi connectivity index (χ0) is 21.8. The molecular weight excluding hydrogens is 404 g/mol. The minimum absolute atomic E-state index is 0.254. The van der Waals surface area contributed by atoms with E-state index in [0.717, 1.165) is 55.4 Å². The van der Waals surface area contributed by atoms with Crippen LogP contribution in [-0.2, 0) is 13.1 Å². The topological polar surface area (TPSA) is 97.6 Å². The van der Waals surface area contributed by atoms with E-state index in [4.69, 9.17) is 15.2 Å². The van der Waals surface area contributed by atoms with Gasteiger partial charge in [-0.05, 0) is 36.1 Å². The average Bonchev–Trinajstić information content (AvgIpc) is 3.27. The molecule has 0 amide bonds. The summed E-state index contributed by atoms with van der Waals surface area (Å²) in [6, 6.07) is 18.8. The second-order valence-corrected chi connectivity index (χ2v) is 8.22. The normalized spacial score (nSPS) is 16.1. The van der Waals surface area contributed by atoms with E-state index in [1.165, 1.54) is 5.56 Å². The highest BCUT2D eigenvalue weighted by molar-refractivity contribution is 5.52. The van der Waals surface area contributed by atoms with Gasteiger partial charge < -0.3 is 25.8 Å². The standard InChI is InChI=1S/C24H28N6O2/c25-24-28-22(26-14-18-6-7-20-21(12-18)32-16-31-20)13-23(29-24)27-19-8-10-30(11-9-19)15-17-4-2-1-3-5-17/h1-7,12-13,19H,8-11,14-16H2,(H4,25,26,27,28,29). The van der Waals surface area contributed by atoms with Gasteiger partial charge in [0.05, 0.1) is 0 Å². The van der Waals surface area contributed by atoms with E-state index in [1.807, 2.05) is 24.3 Å². The molecule has 1 fully saturated rings. The Bertz CT molecular complexity index is 1050. The summed E-state index contributed by atoms with van der Waals surface area (Å²) in [7, 11) is 0. The van der Waals surface area contributed by atoms with E-state index in [1.54, 1.807) is 0 Å². The van der Waals surface area contributed by atoms with Crippen LogP contribution in [0.1, 0.15) is 24.0 Å². The first-order valence-electron chi connectivity index (χ1n) is 11.0. The first kappa shape index (κ1) is 20.4. The summed E-state index contributed by atoms with van der Waals surface area (Å²) >= 11 is 0. The van der Waals surface area contributed by atoms with Crippen molar-refractivity contribution in [2.75, 3.05) is 36.2 Å². The molecule has 0 spiro atoms. The Morgan fingerprint density at radius 2 is 1.69 bits per heavy atom. The molecule has 2 aromatic carbocycles. The predicted molar refractivity (Wildman–Crippen MR) is 125 cm³/mol. The highest BCUT2D eigenvalue weighted by atomic mass is 16.7. The minimum atomic E-state index is 0.254. The molecule has 166 valence electrons. The number of nitrogens with two attached hydrogens (primary N) is 1. The number of piperidine rings is 1. The lowest BCUT2D eigenvalue weighted by Gasteiger charge is -2.32. The maximum atomic E-state index is 5.97. The van der Waals surface area contributed by atoms with Crippen molar-refractivity contribution in [2.24, 2.45) is 0 Å². The van der Waals surface area contributed by atoms with Crippen LogP contribution in [0.2, 0.25) is 0 Å². The van der Waals surface area contributed by atoms with Crippen molar-refractivity contribution in [3.8, 4) is 11.5 Å². The zero-order valence-electron chi connectivity index (χ0n) is 18.0. The summed E-state index contributed by atoms with van der Waals surface area (Å²) in [5, 5.41) is 6.87. The number of hydrogen-bond donors (Lipinski definition) is 3. The maximum absolute atomic E-state index is 5.97. The lowest BCUT2D eigenvalue weighted by atomic mass is 10.0. The van der Waals surface area contributed by atoms with Gasteiger partial charge in [0.2, 0.25) is 12.7 Å². The largest absolute Gasteiger partial charge is 0.454 e. The third kappa shape index (κ3) is 5.03. The van der Waals surface area contributed by atoms with Crippen LogP contribution < -0.4 is 25.8 Å². The van der Waals surface area contributed by atoms with Crippen molar-refractivity contribution in [2.45, 2.75) is 32.0 Å². The van der Waals surface area contributed by atoms with Crippen molar-refractivity contribution in [1.82, 2.24) is 14.9 Å². The number of hydrogen-bond acceptors (Lipinski definition) is 8. The molecule has 0 saturated carbocycles. The quantitative estimate of drug-likeness (QED) is 0.522. The van der Waals surface area contributed by atoms with Crippen molar-refractivity contribution >= 4 is 17.6 Å². The van der Waals surface area contributed by atoms with Crippen LogP contribution in [-0.4, -0.2) is 40.8 Å². The SMILES string of the molecule is Nc1nc(NCc2ccc3c(c2)OCO3)cc(NC2CCN(Cc3ccccc3)CC2)n1. The predicted octanol–water partition coefficient (Wildman–Crippen LogP) is 3.48. The number of likely N-dealkylation sites (tertiary alicyclic amines) is 1. The molecule has 1 saturated heterocycles. The van der Waals surface area contributed by atoms with Crippen LogP contribution in [0, 0.1) is 0 Å². The van der Waals surface area contributed by atoms with Crippen LogP contribution in [0.15, 0.2) is 54.6 Å². The monoisotopic (exact) mass is 432 g/mol. The van der Waals surface area contributed by atoms with Gasteiger partial charge in [-0.1, -0.05) is 36.4 Å². The van der Waals surface area contributed by atoms with Crippen molar-refractivity contribution in [1.29, 1.82) is 0 Å². The summed E-state index contributed by atoms with van der Waals surface area (Å²) in [5.74, 6) is 3.25. The summed E-state index contributed by atoms with van der Waals surface area (Å²) in [6.45, 7) is 3.99. The first-order valence-corrected chi connectivity index (χ1v) is 11.0. The molecule has 0 bridgehead atoms. The zero-order valence-corrected chi connectivity index (χ0v) is 18.0. The highest BCUT2D eigenvalue weighted by Gasteiger charge is 2.20. The Labute approximate surface area is 187 Å². The first-order chi connectivity index (χ1) is 15.7. The van der Waals surface area contributed by atoms with E-state index in [9.17, 15) is 0 Å². The average molecular weight is 433 g/mol. The molecule has 2 aliphatic rings. The van der Waals surface area contributed by atoms with Crippen LogP contribution in [0.25, 0.3) is 0 Å². The fourth-order valence-corrected chi connectivity index (χ4v) is 4.16. The number of aromatic nitrogens is 2. The molecule has 0 radical (unpaired) electrons. The van der Waals surface area contributed by atoms with Crippen LogP contribution in [0.3, 0.4) is 0 Å². The van der Waals surface area contributed by atoms with E-state index in [-0.39, 0.29) is 12.7 Å². The van der Waals surface area contributed by atoms with E-state index in [0.29, 0.717) is 18.4 Å². The number of nitrogens with one attached hydrogen (secondary N) is 2. The highest BCUT2D eigenvalue weighted by Crippen LogP contribution is 2.32. The fraction of sp³-hybridized carbons (Fsp3) is 0.333. The van der Waals surface area contributed by atoms with Gasteiger partial charge in [0, 0.05) is 38.3 Å². The van der Waals surface area contributed by atoms with Crippen LogP contribution >= 0.6 is 0 Å². The molecule has 8 heteroatoms. The molecule has 8 nitrogen and oxygen atoms in total. The number of nitrogen functional groups attached to an aromatic ring is 1. The Hall–Kier alpha value is -3.52. The molecule has 3 aromatic rings. The van der Waals surface area contributed by atoms with Crippen LogP contribution in [0.5, 0.6) is 11.5 Å². The van der Waals surface area contributed by atoms with Gasteiger partial charge >= 0.3 is 0 Å². The van der Waals surface area contributed by atoms with E-state index in [2.05, 4.69) is 55.8 Å². The summed E-state index contributed by atoms with van der Waals surface area (Å²) in [6.07, 6.45) is 2.13. The Kier molecular flexibility index (Phi) is 5.93. The smallest absolute Gasteiger partial charge is 0.231 e. The van der Waals surface area contributed by atoms with Gasteiger partial charge in [-0.2, -0.15) is 9.97 Å². The number of benzene rings is 2. The number of ether oxygens (including phenoxy) is 2. The lowest BCUT2D eigenvalue weighted by Crippen LogP contribution is -2.38. The van der Waals surface area contributed by atoms with E-state index >= 15 is 0 Å². The van der Waals surface area contributed by atoms with Crippen molar-refractivity contribution < 1.29 is 9.47 Å². The molecule has 4 N–H and O–H groups in total. The molecule has 2 aliphatic heterocycles. The molecular formula is C24H28N6O2. The molecule has 5 rings (SSSR count). The Morgan fingerprint density at radius 1 is 0.906 bits per heavy atom. The van der Waals surface area contributed by atoms with Gasteiger partial charge in [-0.3, -0.25) is 4.90 Å². The summed E-state index contributed by atoms with van der Waals surface area (Å²) in [5.41, 5.74) is 8.41. The number of nitrogens with zero attached hydrogens (tertiary/aromatic N) is 3. The third-order valence-electron chi connectivity index (χ3n) is 5.84. The Morgan fingerprint density at radius 3 is 2.53 bits per heavy atom. The number of anilines is 3. The minimum Gasteiger partial charge on any atom is -0.454 e. The van der Waals surface area contributed by atoms with Gasteiger partial charge in [0.1, 0.15) is 11.6 Å². The van der Waals surface area contributed by atoms with E-state index < -0.39 is 0 Å². The van der Waals surface area contributed by atoms with Crippen LogP contribution in [0.4, 0.5) is 17.6 Å². The number of rotatable bonds is 7. The number of fused-ring (bicyclic) bond motifs is 1. The summed E-state index contributed by atoms with van der Waals surface area (Å²) in [4.78, 5) is 11.2. The second-order valence-electron chi connectivity index (χ2n) is 8.22. The van der Waals surface area contributed by atoms with Gasteiger partial charge in [-0.25, -0.2) is 0 Å². The molecule has 32 heavy (non-hydrogen) atoms. The van der Waals surface area contributed by atoms with Gasteiger partial charge in [-0.15, -0.1) is 0 Å². The van der Waals surface area contributed by atoms with Crippen molar-refractivity contribution in [3.05, 3.63) is 65.7 Å².